The van der Waals surface area contributed by atoms with Crippen LogP contribution in [0.3, 0.4) is 0 Å². The van der Waals surface area contributed by atoms with Crippen LogP contribution in [0.1, 0.15) is 26.2 Å². The van der Waals surface area contributed by atoms with Gasteiger partial charge in [0, 0.05) is 25.7 Å². The fraction of sp³-hybridized carbons (Fsp3) is 0.818. The molecule has 6 heteroatoms. The zero-order valence-corrected chi connectivity index (χ0v) is 10.2. The maximum Gasteiger partial charge on any atom is 0.317 e. The van der Waals surface area contributed by atoms with E-state index in [0.29, 0.717) is 19.5 Å². The van der Waals surface area contributed by atoms with Gasteiger partial charge in [-0.05, 0) is 19.3 Å². The van der Waals surface area contributed by atoms with Crippen molar-refractivity contribution >= 4 is 12.0 Å². The highest BCUT2D eigenvalue weighted by Crippen LogP contribution is 2.08. The summed E-state index contributed by atoms with van der Waals surface area (Å²) in [4.78, 5) is 24.2. The lowest BCUT2D eigenvalue weighted by Crippen LogP contribution is -2.50. The second kappa shape index (κ2) is 6.44. The highest BCUT2D eigenvalue weighted by atomic mass is 16.4. The van der Waals surface area contributed by atoms with Crippen LogP contribution in [0.2, 0.25) is 0 Å². The highest BCUT2D eigenvalue weighted by Gasteiger charge is 2.22. The Morgan fingerprint density at radius 3 is 2.82 bits per heavy atom. The predicted octanol–water partition coefficient (Wildman–Crippen LogP) is 0.230. The molecule has 1 rings (SSSR count). The molecule has 1 heterocycles. The number of amides is 2. The second-order valence-electron chi connectivity index (χ2n) is 4.48. The minimum atomic E-state index is -0.872. The van der Waals surface area contributed by atoms with E-state index in [2.05, 4.69) is 5.32 Å². The first-order valence-electron chi connectivity index (χ1n) is 6.05. The molecule has 2 unspecified atom stereocenters. The number of nitrogens with two attached hydrogens (primary N) is 1. The molecule has 0 aliphatic carbocycles. The van der Waals surface area contributed by atoms with Crippen molar-refractivity contribution in [2.24, 2.45) is 11.7 Å². The van der Waals surface area contributed by atoms with E-state index in [1.165, 1.54) is 0 Å². The lowest BCUT2D eigenvalue weighted by Gasteiger charge is -2.31. The van der Waals surface area contributed by atoms with E-state index in [1.54, 1.807) is 11.8 Å². The number of rotatable bonds is 4. The van der Waals surface area contributed by atoms with Crippen molar-refractivity contribution in [3.05, 3.63) is 0 Å². The minimum Gasteiger partial charge on any atom is -0.481 e. The topological polar surface area (TPSA) is 95.7 Å². The molecule has 0 saturated carbocycles. The average Bonchev–Trinajstić information content (AvgIpc) is 2.29. The summed E-state index contributed by atoms with van der Waals surface area (Å²) >= 11 is 0. The normalized spacial score (nSPS) is 22.0. The fourth-order valence-electron chi connectivity index (χ4n) is 1.92. The molecule has 0 aromatic rings. The summed E-state index contributed by atoms with van der Waals surface area (Å²) < 4.78 is 0. The van der Waals surface area contributed by atoms with Crippen molar-refractivity contribution in [3.8, 4) is 0 Å². The largest absolute Gasteiger partial charge is 0.481 e. The Morgan fingerprint density at radius 1 is 1.59 bits per heavy atom. The third-order valence-corrected chi connectivity index (χ3v) is 3.09. The minimum absolute atomic E-state index is 0.0379. The zero-order valence-electron chi connectivity index (χ0n) is 10.2. The van der Waals surface area contributed by atoms with Crippen molar-refractivity contribution in [2.45, 2.75) is 32.2 Å². The smallest absolute Gasteiger partial charge is 0.317 e. The molecule has 1 saturated heterocycles. The summed E-state index contributed by atoms with van der Waals surface area (Å²) in [6.45, 7) is 3.22. The molecular formula is C11H21N3O3. The van der Waals surface area contributed by atoms with Crippen LogP contribution in [0, 0.1) is 5.92 Å². The Hall–Kier alpha value is -1.30. The van der Waals surface area contributed by atoms with E-state index in [9.17, 15) is 9.59 Å². The SMILES string of the molecule is CCC(CNC(=O)N1CCCC(N)C1)C(=O)O. The predicted molar refractivity (Wildman–Crippen MR) is 63.6 cm³/mol. The van der Waals surface area contributed by atoms with Gasteiger partial charge in [-0.1, -0.05) is 6.92 Å². The zero-order chi connectivity index (χ0) is 12.8. The maximum atomic E-state index is 11.8. The van der Waals surface area contributed by atoms with Gasteiger partial charge in [0.15, 0.2) is 0 Å². The number of urea groups is 1. The van der Waals surface area contributed by atoms with E-state index >= 15 is 0 Å². The number of hydrogen-bond donors (Lipinski definition) is 3. The monoisotopic (exact) mass is 243 g/mol. The van der Waals surface area contributed by atoms with Gasteiger partial charge in [0.25, 0.3) is 0 Å². The van der Waals surface area contributed by atoms with Gasteiger partial charge in [0.1, 0.15) is 0 Å². The van der Waals surface area contributed by atoms with Gasteiger partial charge in [-0.3, -0.25) is 4.79 Å². The van der Waals surface area contributed by atoms with Crippen LogP contribution in [0.5, 0.6) is 0 Å². The van der Waals surface area contributed by atoms with Crippen LogP contribution in [-0.2, 0) is 4.79 Å². The molecule has 6 nitrogen and oxygen atoms in total. The van der Waals surface area contributed by atoms with E-state index < -0.39 is 11.9 Å². The third-order valence-electron chi connectivity index (χ3n) is 3.09. The molecule has 2 atom stereocenters. The van der Waals surface area contributed by atoms with Crippen molar-refractivity contribution in [1.29, 1.82) is 0 Å². The molecular weight excluding hydrogens is 222 g/mol. The van der Waals surface area contributed by atoms with Gasteiger partial charge in [-0.25, -0.2) is 4.79 Å². The van der Waals surface area contributed by atoms with Crippen LogP contribution in [0.4, 0.5) is 4.79 Å². The van der Waals surface area contributed by atoms with Crippen LogP contribution in [-0.4, -0.2) is 47.7 Å². The van der Waals surface area contributed by atoms with Crippen molar-refractivity contribution in [1.82, 2.24) is 10.2 Å². The van der Waals surface area contributed by atoms with Gasteiger partial charge in [0.05, 0.1) is 5.92 Å². The number of nitrogens with zero attached hydrogens (tertiary/aromatic N) is 1. The summed E-state index contributed by atoms with van der Waals surface area (Å²) in [5.41, 5.74) is 5.78. The molecule has 1 aliphatic rings. The molecule has 2 amide bonds. The molecule has 0 spiro atoms. The molecule has 17 heavy (non-hydrogen) atoms. The van der Waals surface area contributed by atoms with Crippen LogP contribution in [0.15, 0.2) is 0 Å². The summed E-state index contributed by atoms with van der Waals surface area (Å²) in [7, 11) is 0. The van der Waals surface area contributed by atoms with Gasteiger partial charge in [0.2, 0.25) is 0 Å². The quantitative estimate of drug-likeness (QED) is 0.658. The van der Waals surface area contributed by atoms with Gasteiger partial charge < -0.3 is 21.1 Å². The lowest BCUT2D eigenvalue weighted by atomic mass is 10.1. The molecule has 0 radical (unpaired) electrons. The van der Waals surface area contributed by atoms with Crippen LogP contribution in [0.25, 0.3) is 0 Å². The maximum absolute atomic E-state index is 11.8. The van der Waals surface area contributed by atoms with E-state index in [-0.39, 0.29) is 18.6 Å². The first-order chi connectivity index (χ1) is 8.04. The Bertz CT molecular complexity index is 283. The van der Waals surface area contributed by atoms with E-state index in [0.717, 1.165) is 12.8 Å². The Morgan fingerprint density at radius 2 is 2.29 bits per heavy atom. The van der Waals surface area contributed by atoms with Crippen molar-refractivity contribution in [3.63, 3.8) is 0 Å². The summed E-state index contributed by atoms with van der Waals surface area (Å²) in [6.07, 6.45) is 2.36. The fourth-order valence-corrected chi connectivity index (χ4v) is 1.92. The average molecular weight is 243 g/mol. The van der Waals surface area contributed by atoms with Crippen molar-refractivity contribution in [2.75, 3.05) is 19.6 Å². The molecule has 0 aromatic carbocycles. The number of hydrogen-bond acceptors (Lipinski definition) is 3. The van der Waals surface area contributed by atoms with E-state index in [1.807, 2.05) is 0 Å². The number of carbonyl (C=O) groups is 2. The number of nitrogens with one attached hydrogen (secondary N) is 1. The second-order valence-corrected chi connectivity index (χ2v) is 4.48. The van der Waals surface area contributed by atoms with Gasteiger partial charge >= 0.3 is 12.0 Å². The molecule has 0 bridgehead atoms. The standard InChI is InChI=1S/C11H21N3O3/c1-2-8(10(15)16)6-13-11(17)14-5-3-4-9(12)7-14/h8-9H,2-7,12H2,1H3,(H,13,17)(H,15,16). The molecule has 4 N–H and O–H groups in total. The molecule has 1 aliphatic heterocycles. The summed E-state index contributed by atoms with van der Waals surface area (Å²) in [5.74, 6) is -1.39. The van der Waals surface area contributed by atoms with Crippen LogP contribution >= 0.6 is 0 Å². The number of piperidine rings is 1. The van der Waals surface area contributed by atoms with E-state index in [4.69, 9.17) is 10.8 Å². The first kappa shape index (κ1) is 13.8. The number of carbonyl (C=O) groups excluding carboxylic acids is 1. The molecule has 0 aromatic heterocycles. The van der Waals surface area contributed by atoms with Crippen molar-refractivity contribution < 1.29 is 14.7 Å². The number of aliphatic carboxylic acids is 1. The number of likely N-dealkylation sites (tertiary alicyclic amines) is 1. The molecule has 1 fully saturated rings. The number of carboxylic acid groups (broad SMARTS) is 1. The third kappa shape index (κ3) is 4.22. The van der Waals surface area contributed by atoms with Crippen LogP contribution < -0.4 is 11.1 Å². The summed E-state index contributed by atoms with van der Waals surface area (Å²) in [6, 6.07) is -0.171. The highest BCUT2D eigenvalue weighted by molar-refractivity contribution is 5.76. The Labute approximate surface area is 101 Å². The Balaban J connectivity index is 2.35. The molecule has 98 valence electrons. The van der Waals surface area contributed by atoms with Gasteiger partial charge in [-0.2, -0.15) is 0 Å². The number of carboxylic acids is 1. The Kier molecular flexibility index (Phi) is 5.21. The lowest BCUT2D eigenvalue weighted by molar-refractivity contribution is -0.141. The summed E-state index contributed by atoms with van der Waals surface area (Å²) in [5, 5.41) is 11.5. The first-order valence-corrected chi connectivity index (χ1v) is 6.05. The van der Waals surface area contributed by atoms with Gasteiger partial charge in [-0.15, -0.1) is 0 Å².